The van der Waals surface area contributed by atoms with Gasteiger partial charge in [0.05, 0.1) is 24.1 Å². The second kappa shape index (κ2) is 5.11. The molecule has 2 heterocycles. The van der Waals surface area contributed by atoms with Crippen molar-refractivity contribution in [1.82, 2.24) is 15.0 Å². The van der Waals surface area contributed by atoms with Gasteiger partial charge in [-0.25, -0.2) is 9.97 Å². The number of anilines is 1. The van der Waals surface area contributed by atoms with Gasteiger partial charge in [0, 0.05) is 11.9 Å². The van der Waals surface area contributed by atoms with Crippen molar-refractivity contribution in [3.63, 3.8) is 0 Å². The number of aryl methyl sites for hydroxylation is 2. The predicted molar refractivity (Wildman–Crippen MR) is 71.5 cm³/mol. The number of H-pyrrole nitrogens is 1. The predicted octanol–water partition coefficient (Wildman–Crippen LogP) is 2.17. The zero-order valence-electron chi connectivity index (χ0n) is 10.6. The summed E-state index contributed by atoms with van der Waals surface area (Å²) in [4.78, 5) is 11.6. The van der Waals surface area contributed by atoms with Crippen LogP contribution in [0.2, 0.25) is 0 Å². The highest BCUT2D eigenvalue weighted by atomic mass is 15.0. The number of pyridine rings is 1. The van der Waals surface area contributed by atoms with E-state index in [-0.39, 0.29) is 0 Å². The zero-order valence-corrected chi connectivity index (χ0v) is 10.6. The van der Waals surface area contributed by atoms with Gasteiger partial charge < -0.3 is 10.3 Å². The minimum Gasteiger partial charge on any atom is -0.363 e. The van der Waals surface area contributed by atoms with Crippen LogP contribution >= 0.6 is 0 Å². The molecule has 2 aromatic heterocycles. The Hall–Kier alpha value is -2.35. The molecule has 96 valence electrons. The minimum absolute atomic E-state index is 0.598. The van der Waals surface area contributed by atoms with Gasteiger partial charge in [-0.2, -0.15) is 5.26 Å². The highest BCUT2D eigenvalue weighted by molar-refractivity contribution is 5.54. The lowest BCUT2D eigenvalue weighted by molar-refractivity contribution is 0.668. The van der Waals surface area contributed by atoms with Crippen LogP contribution in [-0.2, 0) is 19.4 Å². The Kier molecular flexibility index (Phi) is 3.15. The van der Waals surface area contributed by atoms with Crippen LogP contribution in [0.5, 0.6) is 0 Å². The third-order valence-corrected chi connectivity index (χ3v) is 3.42. The second-order valence-corrected chi connectivity index (χ2v) is 4.74. The monoisotopic (exact) mass is 253 g/mol. The molecule has 1 aliphatic rings. The lowest BCUT2D eigenvalue weighted by Crippen LogP contribution is -2.10. The van der Waals surface area contributed by atoms with Crippen LogP contribution in [0.1, 0.15) is 35.4 Å². The van der Waals surface area contributed by atoms with E-state index in [1.165, 1.54) is 18.4 Å². The van der Waals surface area contributed by atoms with Crippen LogP contribution in [0, 0.1) is 11.3 Å². The molecule has 3 rings (SSSR count). The summed E-state index contributed by atoms with van der Waals surface area (Å²) in [5.41, 5.74) is 3.97. The smallest absolute Gasteiger partial charge is 0.144 e. The number of nitriles is 1. The maximum atomic E-state index is 9.23. The molecule has 0 spiro atoms. The van der Waals surface area contributed by atoms with E-state index in [9.17, 15) is 5.26 Å². The quantitative estimate of drug-likeness (QED) is 0.878. The van der Waals surface area contributed by atoms with E-state index in [4.69, 9.17) is 0 Å². The Balaban J connectivity index is 1.85. The van der Waals surface area contributed by atoms with Crippen LogP contribution in [0.3, 0.4) is 0 Å². The molecule has 2 aromatic rings. The van der Waals surface area contributed by atoms with Crippen molar-refractivity contribution < 1.29 is 0 Å². The van der Waals surface area contributed by atoms with Gasteiger partial charge in [-0.3, -0.25) is 0 Å². The molecule has 5 nitrogen and oxygen atoms in total. The molecule has 0 atom stereocenters. The number of nitrogens with one attached hydrogen (secondary N) is 2. The summed E-state index contributed by atoms with van der Waals surface area (Å²) < 4.78 is 0. The molecule has 5 heteroatoms. The van der Waals surface area contributed by atoms with Gasteiger partial charge in [0.25, 0.3) is 0 Å². The fourth-order valence-electron chi connectivity index (χ4n) is 2.41. The largest absolute Gasteiger partial charge is 0.363 e. The van der Waals surface area contributed by atoms with Gasteiger partial charge in [0.1, 0.15) is 11.9 Å². The highest BCUT2D eigenvalue weighted by Gasteiger charge is 2.14. The number of hydrogen-bond donors (Lipinski definition) is 2. The molecule has 0 saturated carbocycles. The summed E-state index contributed by atoms with van der Waals surface area (Å²) in [5.74, 6) is 0.678. The van der Waals surface area contributed by atoms with E-state index < -0.39 is 0 Å². The van der Waals surface area contributed by atoms with Crippen molar-refractivity contribution in [1.29, 1.82) is 5.26 Å². The van der Waals surface area contributed by atoms with Gasteiger partial charge in [-0.15, -0.1) is 0 Å². The summed E-state index contributed by atoms with van der Waals surface area (Å²) in [6.45, 7) is 0.598. The number of aromatic amines is 1. The maximum absolute atomic E-state index is 9.23. The van der Waals surface area contributed by atoms with Crippen LogP contribution < -0.4 is 5.32 Å². The first kappa shape index (κ1) is 11.7. The van der Waals surface area contributed by atoms with Crippen molar-refractivity contribution in [2.75, 3.05) is 5.32 Å². The van der Waals surface area contributed by atoms with Crippen LogP contribution in [0.25, 0.3) is 0 Å². The molecule has 0 fully saturated rings. The molecule has 0 aromatic carbocycles. The second-order valence-electron chi connectivity index (χ2n) is 4.74. The van der Waals surface area contributed by atoms with Crippen molar-refractivity contribution in [2.45, 2.75) is 32.2 Å². The zero-order chi connectivity index (χ0) is 13.1. The lowest BCUT2D eigenvalue weighted by atomic mass is 9.95. The number of imidazole rings is 1. The van der Waals surface area contributed by atoms with Crippen LogP contribution in [0.15, 0.2) is 18.6 Å². The maximum Gasteiger partial charge on any atom is 0.144 e. The molecular formula is C14H15N5. The Morgan fingerprint density at radius 2 is 2.26 bits per heavy atom. The Labute approximate surface area is 111 Å². The molecule has 0 aliphatic heterocycles. The van der Waals surface area contributed by atoms with E-state index in [0.717, 1.165) is 24.2 Å². The average Bonchev–Trinajstić information content (AvgIpc) is 2.97. The minimum atomic E-state index is 0.598. The van der Waals surface area contributed by atoms with Crippen LogP contribution in [-0.4, -0.2) is 15.0 Å². The molecule has 0 amide bonds. The van der Waals surface area contributed by atoms with Crippen molar-refractivity contribution in [3.8, 4) is 6.07 Å². The molecular weight excluding hydrogens is 238 g/mol. The van der Waals surface area contributed by atoms with Crippen LogP contribution in [0.4, 0.5) is 5.82 Å². The van der Waals surface area contributed by atoms with Gasteiger partial charge in [0.2, 0.25) is 0 Å². The van der Waals surface area contributed by atoms with E-state index in [1.807, 2.05) is 6.07 Å². The van der Waals surface area contributed by atoms with Crippen molar-refractivity contribution in [3.05, 3.63) is 41.1 Å². The normalized spacial score (nSPS) is 13.6. The summed E-state index contributed by atoms with van der Waals surface area (Å²) in [6, 6.07) is 4.21. The molecule has 1 aliphatic carbocycles. The number of nitrogens with zero attached hydrogens (tertiary/aromatic N) is 3. The molecule has 19 heavy (non-hydrogen) atoms. The van der Waals surface area contributed by atoms with Gasteiger partial charge in [-0.05, 0) is 37.3 Å². The topological polar surface area (TPSA) is 77.4 Å². The summed E-state index contributed by atoms with van der Waals surface area (Å²) in [5, 5.41) is 12.4. The van der Waals surface area contributed by atoms with E-state index in [1.54, 1.807) is 12.5 Å². The number of aromatic nitrogens is 3. The molecule has 2 N–H and O–H groups in total. The lowest BCUT2D eigenvalue weighted by Gasteiger charge is -2.17. The number of hydrogen-bond acceptors (Lipinski definition) is 4. The Morgan fingerprint density at radius 3 is 3.05 bits per heavy atom. The molecule has 0 unspecified atom stereocenters. The first-order valence-electron chi connectivity index (χ1n) is 6.51. The SMILES string of the molecule is N#Cc1cc2c(nc1NCc1cnc[nH]1)CCCC2. The number of fused-ring (bicyclic) bond motifs is 1. The van der Waals surface area contributed by atoms with E-state index >= 15 is 0 Å². The first-order chi connectivity index (χ1) is 9.36. The fourth-order valence-corrected chi connectivity index (χ4v) is 2.41. The summed E-state index contributed by atoms with van der Waals surface area (Å²) in [6.07, 6.45) is 7.84. The Morgan fingerprint density at radius 1 is 1.37 bits per heavy atom. The summed E-state index contributed by atoms with van der Waals surface area (Å²) in [7, 11) is 0. The fraction of sp³-hybridized carbons (Fsp3) is 0.357. The third-order valence-electron chi connectivity index (χ3n) is 3.42. The Bertz CT molecular complexity index is 610. The highest BCUT2D eigenvalue weighted by Crippen LogP contribution is 2.24. The first-order valence-corrected chi connectivity index (χ1v) is 6.51. The third kappa shape index (κ3) is 2.43. The standard InChI is InChI=1S/C14H15N5/c15-6-11-5-10-3-1-2-4-13(10)19-14(11)17-8-12-7-16-9-18-12/h5,7,9H,1-4,8H2,(H,16,18)(H,17,19). The van der Waals surface area contributed by atoms with E-state index in [2.05, 4.69) is 26.3 Å². The van der Waals surface area contributed by atoms with Crippen molar-refractivity contribution >= 4 is 5.82 Å². The van der Waals surface area contributed by atoms with Gasteiger partial charge in [-0.1, -0.05) is 0 Å². The van der Waals surface area contributed by atoms with Gasteiger partial charge in [0.15, 0.2) is 0 Å². The number of rotatable bonds is 3. The van der Waals surface area contributed by atoms with E-state index in [0.29, 0.717) is 17.9 Å². The average molecular weight is 253 g/mol. The molecule has 0 radical (unpaired) electrons. The van der Waals surface area contributed by atoms with Gasteiger partial charge >= 0.3 is 0 Å². The molecule has 0 bridgehead atoms. The molecule has 0 saturated heterocycles. The van der Waals surface area contributed by atoms with Crippen molar-refractivity contribution in [2.24, 2.45) is 0 Å². The summed E-state index contributed by atoms with van der Waals surface area (Å²) >= 11 is 0.